The Morgan fingerprint density at radius 3 is 2.60 bits per heavy atom. The van der Waals surface area contributed by atoms with E-state index in [0.717, 1.165) is 19.3 Å². The zero-order valence-electron chi connectivity index (χ0n) is 8.65. The third-order valence-electron chi connectivity index (χ3n) is 3.59. The molecule has 0 saturated heterocycles. The maximum Gasteiger partial charge on any atom is 0.140 e. The fourth-order valence-corrected chi connectivity index (χ4v) is 2.79. The van der Waals surface area contributed by atoms with Gasteiger partial charge in [0, 0.05) is 12.3 Å². The van der Waals surface area contributed by atoms with E-state index in [-0.39, 0.29) is 5.92 Å². The predicted octanol–water partition coefficient (Wildman–Crippen LogP) is 2.76. The lowest BCUT2D eigenvalue weighted by molar-refractivity contribution is -0.119. The second kappa shape index (κ2) is 3.34. The van der Waals surface area contributed by atoms with Crippen molar-refractivity contribution in [2.45, 2.75) is 19.3 Å². The van der Waals surface area contributed by atoms with E-state index in [0.29, 0.717) is 11.7 Å². The quantitative estimate of drug-likeness (QED) is 0.668. The van der Waals surface area contributed by atoms with Gasteiger partial charge >= 0.3 is 0 Å². The number of carbonyl (C=O) groups is 1. The van der Waals surface area contributed by atoms with E-state index in [4.69, 9.17) is 0 Å². The first kappa shape index (κ1) is 8.90. The third kappa shape index (κ3) is 1.52. The summed E-state index contributed by atoms with van der Waals surface area (Å²) >= 11 is 0. The molecule has 1 aromatic rings. The van der Waals surface area contributed by atoms with Crippen LogP contribution in [-0.4, -0.2) is 5.78 Å². The number of allylic oxidation sites excluding steroid dienone is 2. The number of hydrogen-bond acceptors (Lipinski definition) is 1. The van der Waals surface area contributed by atoms with Crippen LogP contribution in [0.4, 0.5) is 0 Å². The molecule has 1 nitrogen and oxygen atoms in total. The van der Waals surface area contributed by atoms with Crippen molar-refractivity contribution in [1.29, 1.82) is 0 Å². The molecule has 1 saturated carbocycles. The number of ketones is 1. The second-order valence-corrected chi connectivity index (χ2v) is 4.61. The fourth-order valence-electron chi connectivity index (χ4n) is 2.79. The summed E-state index contributed by atoms with van der Waals surface area (Å²) in [6, 6.07) is 10.5. The summed E-state index contributed by atoms with van der Waals surface area (Å²) in [5, 5.41) is 0. The highest BCUT2D eigenvalue weighted by Crippen LogP contribution is 2.42. The van der Waals surface area contributed by atoms with Crippen molar-refractivity contribution < 1.29 is 4.79 Å². The second-order valence-electron chi connectivity index (χ2n) is 4.61. The molecule has 0 spiro atoms. The highest BCUT2D eigenvalue weighted by Gasteiger charge is 2.38. The first-order valence-electron chi connectivity index (χ1n) is 5.60. The topological polar surface area (TPSA) is 17.1 Å². The van der Waals surface area contributed by atoms with E-state index in [1.165, 1.54) is 11.1 Å². The average Bonchev–Trinajstić information content (AvgIpc) is 2.78. The van der Waals surface area contributed by atoms with Gasteiger partial charge in [-0.05, 0) is 24.3 Å². The van der Waals surface area contributed by atoms with E-state index >= 15 is 0 Å². The van der Waals surface area contributed by atoms with Crippen LogP contribution in [0.2, 0.25) is 0 Å². The molecule has 3 rings (SSSR count). The summed E-state index contributed by atoms with van der Waals surface area (Å²) < 4.78 is 0. The van der Waals surface area contributed by atoms with Crippen LogP contribution in [0.1, 0.15) is 18.4 Å². The van der Waals surface area contributed by atoms with Gasteiger partial charge in [-0.15, -0.1) is 0 Å². The number of Topliss-reactive ketones (excluding diaryl/α,β-unsaturated/α-hetero) is 1. The van der Waals surface area contributed by atoms with Gasteiger partial charge in [0.25, 0.3) is 0 Å². The number of carbonyl (C=O) groups excluding carboxylic acids is 1. The fraction of sp³-hybridized carbons (Fsp3) is 0.357. The summed E-state index contributed by atoms with van der Waals surface area (Å²) in [5.74, 6) is 1.27. The molecule has 2 bridgehead atoms. The molecule has 15 heavy (non-hydrogen) atoms. The molecule has 0 radical (unpaired) electrons. The molecule has 0 aromatic heterocycles. The SMILES string of the molecule is O=C1C[C@H]2C[C@@H]1C=C2Cc1ccccc1. The Kier molecular flexibility index (Phi) is 1.98. The van der Waals surface area contributed by atoms with Gasteiger partial charge in [-0.25, -0.2) is 0 Å². The Bertz CT molecular complexity index is 416. The Hall–Kier alpha value is -1.37. The van der Waals surface area contributed by atoms with Gasteiger partial charge in [0.05, 0.1) is 0 Å². The van der Waals surface area contributed by atoms with Crippen molar-refractivity contribution in [2.24, 2.45) is 11.8 Å². The lowest BCUT2D eigenvalue weighted by Gasteiger charge is -2.12. The minimum absolute atomic E-state index is 0.258. The van der Waals surface area contributed by atoms with Crippen molar-refractivity contribution in [2.75, 3.05) is 0 Å². The largest absolute Gasteiger partial charge is 0.299 e. The molecule has 0 aliphatic heterocycles. The van der Waals surface area contributed by atoms with Crippen LogP contribution < -0.4 is 0 Å². The lowest BCUT2D eigenvalue weighted by Crippen LogP contribution is -2.08. The normalized spacial score (nSPS) is 28.3. The highest BCUT2D eigenvalue weighted by molar-refractivity contribution is 5.87. The number of fused-ring (bicyclic) bond motifs is 2. The van der Waals surface area contributed by atoms with Crippen LogP contribution in [0.3, 0.4) is 0 Å². The Morgan fingerprint density at radius 2 is 2.00 bits per heavy atom. The third-order valence-corrected chi connectivity index (χ3v) is 3.59. The minimum atomic E-state index is 0.258. The van der Waals surface area contributed by atoms with E-state index in [1.54, 1.807) is 0 Å². The summed E-state index contributed by atoms with van der Waals surface area (Å²) in [5.41, 5.74) is 2.86. The lowest BCUT2D eigenvalue weighted by atomic mass is 9.92. The van der Waals surface area contributed by atoms with Gasteiger partial charge < -0.3 is 0 Å². The van der Waals surface area contributed by atoms with Crippen LogP contribution in [0, 0.1) is 11.8 Å². The van der Waals surface area contributed by atoms with Gasteiger partial charge in [0.1, 0.15) is 5.78 Å². The molecule has 0 N–H and O–H groups in total. The molecule has 2 aliphatic carbocycles. The first-order valence-corrected chi connectivity index (χ1v) is 5.60. The van der Waals surface area contributed by atoms with Crippen LogP contribution in [-0.2, 0) is 11.2 Å². The molecule has 0 heterocycles. The molecule has 1 aromatic carbocycles. The summed E-state index contributed by atoms with van der Waals surface area (Å²) in [6.45, 7) is 0. The van der Waals surface area contributed by atoms with E-state index in [1.807, 2.05) is 6.07 Å². The highest BCUT2D eigenvalue weighted by atomic mass is 16.1. The zero-order chi connectivity index (χ0) is 10.3. The molecule has 0 amide bonds. The smallest absolute Gasteiger partial charge is 0.140 e. The van der Waals surface area contributed by atoms with E-state index in [2.05, 4.69) is 30.3 Å². The Labute approximate surface area is 89.8 Å². The monoisotopic (exact) mass is 198 g/mol. The Balaban J connectivity index is 1.79. The van der Waals surface area contributed by atoms with E-state index in [9.17, 15) is 4.79 Å². The number of hydrogen-bond donors (Lipinski definition) is 0. The van der Waals surface area contributed by atoms with Crippen LogP contribution in [0.5, 0.6) is 0 Å². The van der Waals surface area contributed by atoms with Gasteiger partial charge in [-0.1, -0.05) is 42.0 Å². The number of benzene rings is 1. The van der Waals surface area contributed by atoms with Crippen molar-refractivity contribution in [3.8, 4) is 0 Å². The van der Waals surface area contributed by atoms with Crippen molar-refractivity contribution >= 4 is 5.78 Å². The molecule has 2 aliphatic rings. The van der Waals surface area contributed by atoms with E-state index < -0.39 is 0 Å². The average molecular weight is 198 g/mol. The Morgan fingerprint density at radius 1 is 1.20 bits per heavy atom. The van der Waals surface area contributed by atoms with Crippen molar-refractivity contribution in [3.63, 3.8) is 0 Å². The van der Waals surface area contributed by atoms with Crippen molar-refractivity contribution in [1.82, 2.24) is 0 Å². The maximum atomic E-state index is 11.4. The summed E-state index contributed by atoms with van der Waals surface area (Å²) in [4.78, 5) is 11.4. The summed E-state index contributed by atoms with van der Waals surface area (Å²) in [7, 11) is 0. The maximum absolute atomic E-state index is 11.4. The van der Waals surface area contributed by atoms with Crippen LogP contribution >= 0.6 is 0 Å². The molecule has 2 atom stereocenters. The number of rotatable bonds is 2. The zero-order valence-corrected chi connectivity index (χ0v) is 8.65. The molecule has 76 valence electrons. The van der Waals surface area contributed by atoms with Crippen LogP contribution in [0.25, 0.3) is 0 Å². The minimum Gasteiger partial charge on any atom is -0.299 e. The van der Waals surface area contributed by atoms with Gasteiger partial charge in [0.2, 0.25) is 0 Å². The standard InChI is InChI=1S/C14H14O/c15-14-9-12-8-13(14)7-11(12)6-10-4-2-1-3-5-10/h1-5,7,12-13H,6,8-9H2/t12-,13+/m1/s1. The van der Waals surface area contributed by atoms with Crippen LogP contribution in [0.15, 0.2) is 42.0 Å². The summed E-state index contributed by atoms with van der Waals surface area (Å²) in [6.07, 6.45) is 5.13. The first-order chi connectivity index (χ1) is 7.33. The predicted molar refractivity (Wildman–Crippen MR) is 59.5 cm³/mol. The van der Waals surface area contributed by atoms with Gasteiger partial charge in [-0.2, -0.15) is 0 Å². The molecule has 1 heteroatoms. The van der Waals surface area contributed by atoms with Gasteiger partial charge in [-0.3, -0.25) is 4.79 Å². The van der Waals surface area contributed by atoms with Gasteiger partial charge in [0.15, 0.2) is 0 Å². The molecular formula is C14H14O. The molecule has 0 unspecified atom stereocenters. The molecular weight excluding hydrogens is 184 g/mol. The molecule has 1 fully saturated rings. The van der Waals surface area contributed by atoms with Crippen molar-refractivity contribution in [3.05, 3.63) is 47.5 Å².